The minimum atomic E-state index is -0.186. The molecule has 0 aliphatic rings. The highest BCUT2D eigenvalue weighted by Gasteiger charge is 2.12. The third kappa shape index (κ3) is 3.82. The number of benzene rings is 1. The Bertz CT molecular complexity index is 551. The molecule has 2 rings (SSSR count). The van der Waals surface area contributed by atoms with Gasteiger partial charge in [-0.2, -0.15) is 4.98 Å². The lowest BCUT2D eigenvalue weighted by molar-refractivity contribution is 0.273. The molecule has 106 valence electrons. The van der Waals surface area contributed by atoms with Crippen molar-refractivity contribution in [2.45, 2.75) is 12.5 Å². The number of halogens is 1. The lowest BCUT2D eigenvalue weighted by Gasteiger charge is -2.17. The summed E-state index contributed by atoms with van der Waals surface area (Å²) in [7, 11) is 1.49. The summed E-state index contributed by atoms with van der Waals surface area (Å²) in [5.74, 6) is 0.452. The van der Waals surface area contributed by atoms with E-state index in [0.717, 1.165) is 5.56 Å². The van der Waals surface area contributed by atoms with E-state index in [2.05, 4.69) is 15.3 Å². The SMILES string of the molecule is COc1ncc(Cl)c(NC(CO)Cc2ccccc2)n1. The highest BCUT2D eigenvalue weighted by atomic mass is 35.5. The third-order valence-corrected chi connectivity index (χ3v) is 3.07. The highest BCUT2D eigenvalue weighted by molar-refractivity contribution is 6.32. The van der Waals surface area contributed by atoms with Crippen LogP contribution in [0.5, 0.6) is 6.01 Å². The van der Waals surface area contributed by atoms with Crippen LogP contribution in [-0.4, -0.2) is 34.8 Å². The second-order valence-corrected chi connectivity index (χ2v) is 4.67. The quantitative estimate of drug-likeness (QED) is 0.854. The molecule has 5 nitrogen and oxygen atoms in total. The monoisotopic (exact) mass is 293 g/mol. The first-order chi connectivity index (χ1) is 9.72. The fraction of sp³-hybridized carbons (Fsp3) is 0.286. The zero-order chi connectivity index (χ0) is 14.4. The summed E-state index contributed by atoms with van der Waals surface area (Å²) in [4.78, 5) is 8.04. The number of hydrogen-bond acceptors (Lipinski definition) is 5. The van der Waals surface area contributed by atoms with Crippen molar-refractivity contribution >= 4 is 17.4 Å². The second-order valence-electron chi connectivity index (χ2n) is 4.27. The van der Waals surface area contributed by atoms with Gasteiger partial charge in [0.1, 0.15) is 5.02 Å². The van der Waals surface area contributed by atoms with Crippen molar-refractivity contribution in [3.8, 4) is 6.01 Å². The van der Waals surface area contributed by atoms with Crippen molar-refractivity contribution in [3.63, 3.8) is 0 Å². The molecule has 1 heterocycles. The first kappa shape index (κ1) is 14.6. The molecule has 0 amide bonds. The number of aliphatic hydroxyl groups excluding tert-OH is 1. The Labute approximate surface area is 122 Å². The molecule has 2 aromatic rings. The van der Waals surface area contributed by atoms with Gasteiger partial charge in [0.15, 0.2) is 5.82 Å². The fourth-order valence-electron chi connectivity index (χ4n) is 1.80. The Hall–Kier alpha value is -1.85. The van der Waals surface area contributed by atoms with E-state index in [1.54, 1.807) is 0 Å². The summed E-state index contributed by atoms with van der Waals surface area (Å²) in [6.45, 7) is -0.0302. The van der Waals surface area contributed by atoms with Crippen LogP contribution >= 0.6 is 11.6 Å². The molecule has 0 aliphatic carbocycles. The molecule has 0 fully saturated rings. The molecule has 0 radical (unpaired) electrons. The predicted octanol–water partition coefficient (Wildman–Crippen LogP) is 2.15. The number of anilines is 1. The Morgan fingerprint density at radius 3 is 2.75 bits per heavy atom. The van der Waals surface area contributed by atoms with Crippen LogP contribution in [0.25, 0.3) is 0 Å². The van der Waals surface area contributed by atoms with E-state index in [4.69, 9.17) is 16.3 Å². The largest absolute Gasteiger partial charge is 0.467 e. The Balaban J connectivity index is 2.10. The van der Waals surface area contributed by atoms with Crippen molar-refractivity contribution < 1.29 is 9.84 Å². The smallest absolute Gasteiger partial charge is 0.318 e. The summed E-state index contributed by atoms with van der Waals surface area (Å²) in [6.07, 6.45) is 2.13. The Morgan fingerprint density at radius 2 is 2.10 bits per heavy atom. The first-order valence-corrected chi connectivity index (χ1v) is 6.58. The molecule has 0 bridgehead atoms. The number of methoxy groups -OCH3 is 1. The molecule has 1 unspecified atom stereocenters. The van der Waals surface area contributed by atoms with Crippen molar-refractivity contribution in [1.82, 2.24) is 9.97 Å². The molecule has 1 aromatic heterocycles. The maximum absolute atomic E-state index is 9.49. The van der Waals surface area contributed by atoms with Crippen molar-refractivity contribution in [3.05, 3.63) is 47.1 Å². The molecule has 1 atom stereocenters. The van der Waals surface area contributed by atoms with E-state index in [9.17, 15) is 5.11 Å². The zero-order valence-electron chi connectivity index (χ0n) is 11.1. The van der Waals surface area contributed by atoms with E-state index in [0.29, 0.717) is 17.3 Å². The fourth-order valence-corrected chi connectivity index (χ4v) is 1.95. The Morgan fingerprint density at radius 1 is 1.35 bits per heavy atom. The summed E-state index contributed by atoms with van der Waals surface area (Å²) in [5, 5.41) is 13.0. The van der Waals surface area contributed by atoms with Gasteiger partial charge in [-0.1, -0.05) is 41.9 Å². The molecule has 0 saturated heterocycles. The molecule has 20 heavy (non-hydrogen) atoms. The number of aliphatic hydroxyl groups is 1. The molecule has 6 heteroatoms. The minimum Gasteiger partial charge on any atom is -0.467 e. The van der Waals surface area contributed by atoms with Gasteiger partial charge in [-0.15, -0.1) is 0 Å². The van der Waals surface area contributed by atoms with Crippen LogP contribution in [0.3, 0.4) is 0 Å². The molecular formula is C14H16ClN3O2. The predicted molar refractivity (Wildman–Crippen MR) is 78.2 cm³/mol. The zero-order valence-corrected chi connectivity index (χ0v) is 11.8. The van der Waals surface area contributed by atoms with E-state index in [1.807, 2.05) is 30.3 Å². The molecular weight excluding hydrogens is 278 g/mol. The van der Waals surface area contributed by atoms with Crippen LogP contribution in [0.1, 0.15) is 5.56 Å². The maximum atomic E-state index is 9.49. The Kier molecular flexibility index (Phi) is 5.15. The van der Waals surface area contributed by atoms with E-state index < -0.39 is 0 Å². The number of aromatic nitrogens is 2. The molecule has 2 N–H and O–H groups in total. The molecule has 0 saturated carbocycles. The molecule has 0 spiro atoms. The van der Waals surface area contributed by atoms with E-state index in [1.165, 1.54) is 13.3 Å². The van der Waals surface area contributed by atoms with Gasteiger partial charge < -0.3 is 15.2 Å². The van der Waals surface area contributed by atoms with Crippen LogP contribution in [0, 0.1) is 0 Å². The minimum absolute atomic E-state index is 0.0302. The van der Waals surface area contributed by atoms with Crippen molar-refractivity contribution in [2.24, 2.45) is 0 Å². The van der Waals surface area contributed by atoms with E-state index in [-0.39, 0.29) is 18.7 Å². The van der Waals surface area contributed by atoms with Gasteiger partial charge in [0.25, 0.3) is 0 Å². The number of rotatable bonds is 6. The van der Waals surface area contributed by atoms with Gasteiger partial charge in [-0.25, -0.2) is 4.98 Å². The standard InChI is InChI=1S/C14H16ClN3O2/c1-20-14-16-8-12(15)13(18-14)17-11(9-19)7-10-5-3-2-4-6-10/h2-6,8,11,19H,7,9H2,1H3,(H,16,17,18). The topological polar surface area (TPSA) is 67.3 Å². The number of nitrogens with one attached hydrogen (secondary N) is 1. The van der Waals surface area contributed by atoms with Crippen LogP contribution < -0.4 is 10.1 Å². The van der Waals surface area contributed by atoms with Crippen LogP contribution in [0.2, 0.25) is 5.02 Å². The van der Waals surface area contributed by atoms with Gasteiger partial charge in [0, 0.05) is 0 Å². The van der Waals surface area contributed by atoms with Gasteiger partial charge in [-0.3, -0.25) is 0 Å². The summed E-state index contributed by atoms with van der Waals surface area (Å²) in [5.41, 5.74) is 1.12. The van der Waals surface area contributed by atoms with Gasteiger partial charge in [-0.05, 0) is 12.0 Å². The van der Waals surface area contributed by atoms with Crippen LogP contribution in [0.4, 0.5) is 5.82 Å². The lowest BCUT2D eigenvalue weighted by Crippen LogP contribution is -2.27. The summed E-state index contributed by atoms with van der Waals surface area (Å²) in [6, 6.07) is 9.94. The number of ether oxygens (including phenoxy) is 1. The maximum Gasteiger partial charge on any atom is 0.318 e. The number of hydrogen-bond donors (Lipinski definition) is 2. The molecule has 1 aromatic carbocycles. The van der Waals surface area contributed by atoms with Gasteiger partial charge in [0.2, 0.25) is 0 Å². The average Bonchev–Trinajstić information content (AvgIpc) is 2.49. The normalized spacial score (nSPS) is 11.9. The summed E-state index contributed by atoms with van der Waals surface area (Å²) < 4.78 is 4.96. The third-order valence-electron chi connectivity index (χ3n) is 2.79. The van der Waals surface area contributed by atoms with Gasteiger partial charge >= 0.3 is 6.01 Å². The highest BCUT2D eigenvalue weighted by Crippen LogP contribution is 2.21. The number of nitrogens with zero attached hydrogens (tertiary/aromatic N) is 2. The van der Waals surface area contributed by atoms with E-state index >= 15 is 0 Å². The average molecular weight is 294 g/mol. The van der Waals surface area contributed by atoms with Crippen LogP contribution in [0.15, 0.2) is 36.5 Å². The van der Waals surface area contributed by atoms with Crippen molar-refractivity contribution in [2.75, 3.05) is 19.0 Å². The van der Waals surface area contributed by atoms with Crippen molar-refractivity contribution in [1.29, 1.82) is 0 Å². The van der Waals surface area contributed by atoms with Crippen LogP contribution in [-0.2, 0) is 6.42 Å². The summed E-state index contributed by atoms with van der Waals surface area (Å²) >= 11 is 6.03. The molecule has 0 aliphatic heterocycles. The van der Waals surface area contributed by atoms with Gasteiger partial charge in [0.05, 0.1) is 26.0 Å². The second kappa shape index (κ2) is 7.07. The first-order valence-electron chi connectivity index (χ1n) is 6.20. The lowest BCUT2D eigenvalue weighted by atomic mass is 10.1.